The van der Waals surface area contributed by atoms with Gasteiger partial charge in [0, 0.05) is 17.7 Å². The number of rotatable bonds is 7. The summed E-state index contributed by atoms with van der Waals surface area (Å²) >= 11 is 0. The normalized spacial score (nSPS) is 11.5. The van der Waals surface area contributed by atoms with Crippen LogP contribution in [0, 0.1) is 0 Å². The number of carbonyl (C=O) groups excluding carboxylic acids is 1. The van der Waals surface area contributed by atoms with Crippen molar-refractivity contribution in [3.05, 3.63) is 77.9 Å². The number of nitrogens with zero attached hydrogens (tertiary/aromatic N) is 1. The summed E-state index contributed by atoms with van der Waals surface area (Å²) in [6, 6.07) is 18.5. The predicted molar refractivity (Wildman–Crippen MR) is 117 cm³/mol. The number of sulfonamides is 1. The van der Waals surface area contributed by atoms with E-state index >= 15 is 0 Å². The lowest BCUT2D eigenvalue weighted by molar-refractivity contribution is 0.100. The van der Waals surface area contributed by atoms with Gasteiger partial charge in [0.25, 0.3) is 0 Å². The quantitative estimate of drug-likeness (QED) is 0.410. The number of imidazole rings is 1. The van der Waals surface area contributed by atoms with E-state index in [0.717, 1.165) is 5.56 Å². The molecule has 1 amide bonds. The number of methoxy groups -OCH3 is 1. The average molecular weight is 436 g/mol. The largest absolute Gasteiger partial charge is 0.497 e. The van der Waals surface area contributed by atoms with Crippen LogP contribution >= 0.6 is 0 Å². The van der Waals surface area contributed by atoms with Gasteiger partial charge in [-0.1, -0.05) is 12.1 Å². The Morgan fingerprint density at radius 1 is 1.06 bits per heavy atom. The third-order valence-corrected chi connectivity index (χ3v) is 6.25. The number of hydrogen-bond acceptors (Lipinski definition) is 5. The van der Waals surface area contributed by atoms with E-state index in [1.165, 1.54) is 12.1 Å². The molecule has 0 atom stereocenters. The number of amides is 1. The lowest BCUT2D eigenvalue weighted by atomic mass is 10.2. The van der Waals surface area contributed by atoms with Crippen molar-refractivity contribution in [3.63, 3.8) is 0 Å². The van der Waals surface area contributed by atoms with Crippen LogP contribution in [0.4, 0.5) is 0 Å². The molecule has 1 heterocycles. The number of aromatic nitrogens is 2. The van der Waals surface area contributed by atoms with Crippen molar-refractivity contribution in [3.8, 4) is 17.1 Å². The molecule has 0 aliphatic heterocycles. The highest BCUT2D eigenvalue weighted by Crippen LogP contribution is 2.23. The molecule has 8 nitrogen and oxygen atoms in total. The molecule has 4 aromatic rings. The Labute approximate surface area is 179 Å². The van der Waals surface area contributed by atoms with Gasteiger partial charge in [0.1, 0.15) is 11.6 Å². The van der Waals surface area contributed by atoms with Gasteiger partial charge in [-0.2, -0.15) is 0 Å². The maximum absolute atomic E-state index is 12.6. The fraction of sp³-hybridized carbons (Fsp3) is 0.0909. The molecule has 4 N–H and O–H groups in total. The van der Waals surface area contributed by atoms with E-state index in [-0.39, 0.29) is 11.4 Å². The highest BCUT2D eigenvalue weighted by molar-refractivity contribution is 7.89. The molecule has 0 unspecified atom stereocenters. The van der Waals surface area contributed by atoms with Crippen LogP contribution in [0.25, 0.3) is 22.4 Å². The minimum Gasteiger partial charge on any atom is -0.497 e. The lowest BCUT2D eigenvalue weighted by Crippen LogP contribution is -2.23. The summed E-state index contributed by atoms with van der Waals surface area (Å²) in [5, 5.41) is 0. The number of hydrogen-bond donors (Lipinski definition) is 3. The second kappa shape index (κ2) is 8.21. The first-order valence-electron chi connectivity index (χ1n) is 9.38. The van der Waals surface area contributed by atoms with Gasteiger partial charge in [0.05, 0.1) is 23.0 Å². The summed E-state index contributed by atoms with van der Waals surface area (Å²) in [7, 11) is -2.10. The minimum absolute atomic E-state index is 0.150. The topological polar surface area (TPSA) is 127 Å². The zero-order valence-electron chi connectivity index (χ0n) is 16.6. The highest BCUT2D eigenvalue weighted by atomic mass is 32.2. The number of fused-ring (bicyclic) bond motifs is 1. The summed E-state index contributed by atoms with van der Waals surface area (Å²) in [5.74, 6) is 0.750. The summed E-state index contributed by atoms with van der Waals surface area (Å²) in [6.45, 7) is 0.167. The standard InChI is InChI=1S/C22H20N4O4S/c1-30-17-7-2-14(3-8-17)13-24-31(28,29)18-9-4-15(5-10-18)22-25-19-11-6-16(21(23)27)12-20(19)26-22/h2-12,24H,13H2,1H3,(H2,23,27)(H,25,26). The van der Waals surface area contributed by atoms with E-state index < -0.39 is 15.9 Å². The first-order chi connectivity index (χ1) is 14.9. The summed E-state index contributed by atoms with van der Waals surface area (Å²) in [6.07, 6.45) is 0. The number of primary amides is 1. The Hall–Kier alpha value is -3.69. The molecule has 31 heavy (non-hydrogen) atoms. The smallest absolute Gasteiger partial charge is 0.248 e. The lowest BCUT2D eigenvalue weighted by Gasteiger charge is -2.08. The molecule has 0 bridgehead atoms. The monoisotopic (exact) mass is 436 g/mol. The number of benzene rings is 3. The van der Waals surface area contributed by atoms with Gasteiger partial charge in [0.2, 0.25) is 15.9 Å². The zero-order chi connectivity index (χ0) is 22.0. The molecule has 0 saturated carbocycles. The summed E-state index contributed by atoms with van der Waals surface area (Å²) in [4.78, 5) is 19.1. The SMILES string of the molecule is COc1ccc(CNS(=O)(=O)c2ccc(-c3nc4ccc(C(N)=O)cc4[nH]3)cc2)cc1. The van der Waals surface area contributed by atoms with E-state index in [1.807, 2.05) is 0 Å². The van der Waals surface area contributed by atoms with Crippen molar-refractivity contribution < 1.29 is 17.9 Å². The molecule has 0 saturated heterocycles. The van der Waals surface area contributed by atoms with Crippen LogP contribution < -0.4 is 15.2 Å². The Bertz CT molecular complexity index is 1340. The van der Waals surface area contributed by atoms with Crippen molar-refractivity contribution in [1.82, 2.24) is 14.7 Å². The van der Waals surface area contributed by atoms with Crippen molar-refractivity contribution in [2.24, 2.45) is 5.73 Å². The van der Waals surface area contributed by atoms with Crippen LogP contribution in [0.1, 0.15) is 15.9 Å². The molecule has 9 heteroatoms. The number of aromatic amines is 1. The Morgan fingerprint density at radius 2 is 1.77 bits per heavy atom. The van der Waals surface area contributed by atoms with E-state index in [2.05, 4.69) is 14.7 Å². The number of nitrogens with two attached hydrogens (primary N) is 1. The second-order valence-electron chi connectivity index (χ2n) is 6.88. The first kappa shape index (κ1) is 20.6. The fourth-order valence-electron chi connectivity index (χ4n) is 3.10. The van der Waals surface area contributed by atoms with Gasteiger partial charge in [-0.3, -0.25) is 4.79 Å². The Balaban J connectivity index is 1.51. The summed E-state index contributed by atoms with van der Waals surface area (Å²) < 4.78 is 32.9. The third kappa shape index (κ3) is 4.42. The van der Waals surface area contributed by atoms with Gasteiger partial charge in [-0.05, 0) is 60.2 Å². The van der Waals surface area contributed by atoms with Crippen molar-refractivity contribution in [2.75, 3.05) is 7.11 Å². The summed E-state index contributed by atoms with van der Waals surface area (Å²) in [5.41, 5.74) is 8.58. The highest BCUT2D eigenvalue weighted by Gasteiger charge is 2.15. The van der Waals surface area contributed by atoms with Gasteiger partial charge < -0.3 is 15.5 Å². The molecule has 4 rings (SSSR count). The molecule has 0 aliphatic rings. The molecule has 0 radical (unpaired) electrons. The molecular weight excluding hydrogens is 416 g/mol. The maximum Gasteiger partial charge on any atom is 0.248 e. The number of ether oxygens (including phenoxy) is 1. The zero-order valence-corrected chi connectivity index (χ0v) is 17.4. The van der Waals surface area contributed by atoms with Crippen LogP contribution in [-0.4, -0.2) is 31.4 Å². The van der Waals surface area contributed by atoms with E-state index in [0.29, 0.717) is 33.7 Å². The fourth-order valence-corrected chi connectivity index (χ4v) is 4.11. The van der Waals surface area contributed by atoms with Crippen LogP contribution in [0.3, 0.4) is 0 Å². The maximum atomic E-state index is 12.6. The third-order valence-electron chi connectivity index (χ3n) is 4.83. The van der Waals surface area contributed by atoms with Crippen molar-refractivity contribution >= 4 is 27.0 Å². The van der Waals surface area contributed by atoms with Crippen LogP contribution in [-0.2, 0) is 16.6 Å². The molecule has 0 spiro atoms. The van der Waals surface area contributed by atoms with E-state index in [4.69, 9.17) is 10.5 Å². The van der Waals surface area contributed by atoms with Crippen LogP contribution in [0.2, 0.25) is 0 Å². The van der Waals surface area contributed by atoms with Crippen molar-refractivity contribution in [1.29, 1.82) is 0 Å². The average Bonchev–Trinajstić information content (AvgIpc) is 3.21. The van der Waals surface area contributed by atoms with E-state index in [1.54, 1.807) is 61.7 Å². The number of nitrogens with one attached hydrogen (secondary N) is 2. The number of carbonyl (C=O) groups is 1. The molecular formula is C22H20N4O4S. The van der Waals surface area contributed by atoms with Gasteiger partial charge in [-0.25, -0.2) is 18.1 Å². The number of H-pyrrole nitrogens is 1. The molecule has 3 aromatic carbocycles. The van der Waals surface area contributed by atoms with Crippen LogP contribution in [0.5, 0.6) is 5.75 Å². The molecule has 1 aromatic heterocycles. The molecule has 158 valence electrons. The Kier molecular flexibility index (Phi) is 5.45. The van der Waals surface area contributed by atoms with E-state index in [9.17, 15) is 13.2 Å². The van der Waals surface area contributed by atoms with Gasteiger partial charge in [-0.15, -0.1) is 0 Å². The second-order valence-corrected chi connectivity index (χ2v) is 8.65. The Morgan fingerprint density at radius 3 is 2.42 bits per heavy atom. The van der Waals surface area contributed by atoms with Gasteiger partial charge >= 0.3 is 0 Å². The van der Waals surface area contributed by atoms with Gasteiger partial charge in [0.15, 0.2) is 0 Å². The van der Waals surface area contributed by atoms with Crippen LogP contribution in [0.15, 0.2) is 71.6 Å². The molecule has 0 aliphatic carbocycles. The minimum atomic E-state index is -3.68. The first-order valence-corrected chi connectivity index (χ1v) is 10.9. The molecule has 0 fully saturated rings. The van der Waals surface area contributed by atoms with Crippen molar-refractivity contribution in [2.45, 2.75) is 11.4 Å². The predicted octanol–water partition coefficient (Wildman–Crippen LogP) is 2.82.